The second-order valence-corrected chi connectivity index (χ2v) is 8.01. The minimum atomic E-state index is -3.93. The fourth-order valence-corrected chi connectivity index (χ4v) is 2.80. The summed E-state index contributed by atoms with van der Waals surface area (Å²) in [5.41, 5.74) is 0.0783. The SMILES string of the molecule is CCC(C)(C)C(C)(C)SCCCC(F)(F)C(C)(F)F. The van der Waals surface area contributed by atoms with Crippen molar-refractivity contribution in [3.63, 3.8) is 0 Å². The van der Waals surface area contributed by atoms with Crippen molar-refractivity contribution in [2.24, 2.45) is 5.41 Å². The van der Waals surface area contributed by atoms with Gasteiger partial charge in [-0.15, -0.1) is 0 Å². The van der Waals surface area contributed by atoms with Gasteiger partial charge < -0.3 is 0 Å². The summed E-state index contributed by atoms with van der Waals surface area (Å²) in [7, 11) is 0. The molecule has 0 aliphatic carbocycles. The van der Waals surface area contributed by atoms with Gasteiger partial charge in [-0.25, -0.2) is 8.78 Å². The molecule has 19 heavy (non-hydrogen) atoms. The van der Waals surface area contributed by atoms with E-state index in [1.165, 1.54) is 0 Å². The van der Waals surface area contributed by atoms with Crippen LogP contribution in [0.1, 0.15) is 60.8 Å². The smallest absolute Gasteiger partial charge is 0.200 e. The Bertz CT molecular complexity index is 280. The van der Waals surface area contributed by atoms with Crippen LogP contribution in [0.2, 0.25) is 0 Å². The Kier molecular flexibility index (Phi) is 6.25. The van der Waals surface area contributed by atoms with E-state index < -0.39 is 18.3 Å². The summed E-state index contributed by atoms with van der Waals surface area (Å²) in [5.74, 6) is -7.37. The van der Waals surface area contributed by atoms with Gasteiger partial charge in [0, 0.05) is 18.1 Å². The molecule has 0 saturated heterocycles. The summed E-state index contributed by atoms with van der Waals surface area (Å²) in [6, 6.07) is 0. The fraction of sp³-hybridized carbons (Fsp3) is 1.00. The summed E-state index contributed by atoms with van der Waals surface area (Å²) in [4.78, 5) is 0. The third-order valence-corrected chi connectivity index (χ3v) is 6.02. The maximum atomic E-state index is 13.1. The normalized spacial score (nSPS) is 14.8. The predicted molar refractivity (Wildman–Crippen MR) is 75.4 cm³/mol. The van der Waals surface area contributed by atoms with Gasteiger partial charge in [-0.3, -0.25) is 0 Å². The molecule has 0 aromatic carbocycles. The molecule has 0 fully saturated rings. The molecule has 0 N–H and O–H groups in total. The van der Waals surface area contributed by atoms with Crippen molar-refractivity contribution in [2.75, 3.05) is 5.75 Å². The highest BCUT2D eigenvalue weighted by Gasteiger charge is 2.51. The lowest BCUT2D eigenvalue weighted by atomic mass is 9.78. The monoisotopic (exact) mass is 302 g/mol. The van der Waals surface area contributed by atoms with Crippen molar-refractivity contribution in [3.8, 4) is 0 Å². The zero-order valence-electron chi connectivity index (χ0n) is 12.7. The van der Waals surface area contributed by atoms with E-state index in [1.807, 2.05) is 0 Å². The van der Waals surface area contributed by atoms with E-state index >= 15 is 0 Å². The zero-order chi connectivity index (χ0) is 15.5. The second-order valence-electron chi connectivity index (χ2n) is 6.29. The third kappa shape index (κ3) is 5.16. The van der Waals surface area contributed by atoms with Crippen LogP contribution in [-0.4, -0.2) is 22.3 Å². The molecular formula is C14H26F4S. The number of rotatable bonds is 8. The highest BCUT2D eigenvalue weighted by Crippen LogP contribution is 2.45. The number of hydrogen-bond acceptors (Lipinski definition) is 1. The number of thioether (sulfide) groups is 1. The molecule has 5 heteroatoms. The van der Waals surface area contributed by atoms with Crippen LogP contribution >= 0.6 is 11.8 Å². The van der Waals surface area contributed by atoms with Gasteiger partial charge in [-0.1, -0.05) is 34.6 Å². The molecule has 0 aliphatic heterocycles. The van der Waals surface area contributed by atoms with Gasteiger partial charge in [0.2, 0.25) is 0 Å². The Hall–Kier alpha value is 0.0700. The zero-order valence-corrected chi connectivity index (χ0v) is 13.6. The van der Waals surface area contributed by atoms with Crippen LogP contribution in [-0.2, 0) is 0 Å². The third-order valence-electron chi connectivity index (χ3n) is 4.25. The largest absolute Gasteiger partial charge is 0.309 e. The van der Waals surface area contributed by atoms with Crippen molar-refractivity contribution >= 4 is 11.8 Å². The molecule has 0 amide bonds. The molecule has 116 valence electrons. The van der Waals surface area contributed by atoms with E-state index in [4.69, 9.17) is 0 Å². The van der Waals surface area contributed by atoms with E-state index in [1.54, 1.807) is 11.8 Å². The molecule has 0 saturated carbocycles. The van der Waals surface area contributed by atoms with Crippen LogP contribution in [0.3, 0.4) is 0 Å². The second kappa shape index (κ2) is 6.23. The van der Waals surface area contributed by atoms with Crippen molar-refractivity contribution < 1.29 is 17.6 Å². The lowest BCUT2D eigenvalue weighted by Crippen LogP contribution is -2.38. The maximum absolute atomic E-state index is 13.1. The van der Waals surface area contributed by atoms with E-state index in [-0.39, 0.29) is 23.5 Å². The fourth-order valence-electron chi connectivity index (χ4n) is 1.46. The molecule has 0 aliphatic rings. The predicted octanol–water partition coefficient (Wildman–Crippen LogP) is 6.01. The first-order valence-corrected chi connectivity index (χ1v) is 7.65. The minimum absolute atomic E-state index is 0.0637. The van der Waals surface area contributed by atoms with Gasteiger partial charge in [-0.05, 0) is 24.0 Å². The molecule has 0 bridgehead atoms. The Morgan fingerprint density at radius 3 is 1.74 bits per heavy atom. The lowest BCUT2D eigenvalue weighted by Gasteiger charge is -2.41. The Balaban J connectivity index is 4.27. The average Bonchev–Trinajstić information content (AvgIpc) is 2.22. The topological polar surface area (TPSA) is 0 Å². The number of halogens is 4. The van der Waals surface area contributed by atoms with Crippen LogP contribution in [0, 0.1) is 5.41 Å². The van der Waals surface area contributed by atoms with Gasteiger partial charge in [0.05, 0.1) is 0 Å². The molecule has 0 heterocycles. The van der Waals surface area contributed by atoms with Crippen LogP contribution < -0.4 is 0 Å². The summed E-state index contributed by atoms with van der Waals surface area (Å²) >= 11 is 1.58. The highest BCUT2D eigenvalue weighted by atomic mass is 32.2. The molecular weight excluding hydrogens is 276 g/mol. The van der Waals surface area contributed by atoms with Crippen LogP contribution in [0.5, 0.6) is 0 Å². The maximum Gasteiger partial charge on any atom is 0.309 e. The van der Waals surface area contributed by atoms with E-state index in [9.17, 15) is 17.6 Å². The molecule has 0 radical (unpaired) electrons. The van der Waals surface area contributed by atoms with Crippen molar-refractivity contribution in [1.29, 1.82) is 0 Å². The highest BCUT2D eigenvalue weighted by molar-refractivity contribution is 8.00. The van der Waals surface area contributed by atoms with Crippen LogP contribution in [0.15, 0.2) is 0 Å². The first-order chi connectivity index (χ1) is 8.27. The standard InChI is InChI=1S/C14H26F4S/c1-7-11(2,3)12(4,5)19-10-8-9-14(17,18)13(6,15)16/h7-10H2,1-6H3. The van der Waals surface area contributed by atoms with Crippen molar-refractivity contribution in [3.05, 3.63) is 0 Å². The van der Waals surface area contributed by atoms with Crippen LogP contribution in [0.4, 0.5) is 17.6 Å². The molecule has 0 rings (SSSR count). The van der Waals surface area contributed by atoms with E-state index in [0.717, 1.165) is 6.42 Å². The van der Waals surface area contributed by atoms with Crippen molar-refractivity contribution in [1.82, 2.24) is 0 Å². The Morgan fingerprint density at radius 1 is 0.895 bits per heavy atom. The first kappa shape index (κ1) is 19.1. The van der Waals surface area contributed by atoms with Crippen molar-refractivity contribution in [2.45, 2.75) is 77.4 Å². The summed E-state index contributed by atoms with van der Waals surface area (Å²) < 4.78 is 51.4. The molecule has 0 atom stereocenters. The lowest BCUT2D eigenvalue weighted by molar-refractivity contribution is -0.200. The average molecular weight is 302 g/mol. The summed E-state index contributed by atoms with van der Waals surface area (Å²) in [6.07, 6.45) is 0.326. The molecule has 0 unspecified atom stereocenters. The minimum Gasteiger partial charge on any atom is -0.200 e. The Morgan fingerprint density at radius 2 is 1.37 bits per heavy atom. The van der Waals surface area contributed by atoms with E-state index in [0.29, 0.717) is 5.75 Å². The van der Waals surface area contributed by atoms with Crippen LogP contribution in [0.25, 0.3) is 0 Å². The Labute approximate surface area is 118 Å². The molecule has 0 nitrogen and oxygen atoms in total. The molecule has 0 aromatic heterocycles. The molecule has 0 spiro atoms. The first-order valence-electron chi connectivity index (χ1n) is 6.66. The van der Waals surface area contributed by atoms with E-state index in [2.05, 4.69) is 34.6 Å². The number of alkyl halides is 4. The van der Waals surface area contributed by atoms with Gasteiger partial charge in [0.1, 0.15) is 0 Å². The summed E-state index contributed by atoms with van der Waals surface area (Å²) in [6.45, 7) is 10.8. The quantitative estimate of drug-likeness (QED) is 0.391. The van der Waals surface area contributed by atoms with Gasteiger partial charge in [-0.2, -0.15) is 20.5 Å². The summed E-state index contributed by atoms with van der Waals surface area (Å²) in [5, 5.41) is 0. The van der Waals surface area contributed by atoms with Gasteiger partial charge in [0.25, 0.3) is 0 Å². The van der Waals surface area contributed by atoms with Gasteiger partial charge >= 0.3 is 11.8 Å². The van der Waals surface area contributed by atoms with Gasteiger partial charge in [0.15, 0.2) is 0 Å². The number of hydrogen-bond donors (Lipinski definition) is 0. The molecule has 0 aromatic rings.